The van der Waals surface area contributed by atoms with E-state index < -0.39 is 18.9 Å². The number of halogens is 2. The number of rotatable bonds is 3. The van der Waals surface area contributed by atoms with Gasteiger partial charge in [0.15, 0.2) is 0 Å². The van der Waals surface area contributed by atoms with E-state index in [1.807, 2.05) is 0 Å². The molecule has 0 spiro atoms. The maximum absolute atomic E-state index is 12.1. The average Bonchev–Trinajstić information content (AvgIpc) is 2.20. The highest BCUT2D eigenvalue weighted by molar-refractivity contribution is 5.97. The van der Waals surface area contributed by atoms with E-state index in [0.29, 0.717) is 5.56 Å². The molecular weight excluding hydrogens is 216 g/mol. The highest BCUT2D eigenvalue weighted by Crippen LogP contribution is 2.22. The van der Waals surface area contributed by atoms with Crippen molar-refractivity contribution >= 4 is 5.91 Å². The zero-order chi connectivity index (χ0) is 12.3. The summed E-state index contributed by atoms with van der Waals surface area (Å²) in [5.41, 5.74) is 0.583. The van der Waals surface area contributed by atoms with Crippen LogP contribution in [0.4, 0.5) is 8.78 Å². The summed E-state index contributed by atoms with van der Waals surface area (Å²) in [7, 11) is 1.27. The van der Waals surface area contributed by atoms with Crippen molar-refractivity contribution in [3.63, 3.8) is 0 Å². The van der Waals surface area contributed by atoms with Crippen molar-refractivity contribution in [1.29, 1.82) is 0 Å². The summed E-state index contributed by atoms with van der Waals surface area (Å²) in [5, 5.41) is 9.62. The van der Waals surface area contributed by atoms with E-state index in [2.05, 4.69) is 0 Å². The number of carbonyl (C=O) groups is 1. The smallest absolute Gasteiger partial charge is 0.257 e. The van der Waals surface area contributed by atoms with E-state index in [4.69, 9.17) is 0 Å². The van der Waals surface area contributed by atoms with Gasteiger partial charge < -0.3 is 10.0 Å². The second kappa shape index (κ2) is 4.92. The Morgan fingerprint density at radius 3 is 2.69 bits per heavy atom. The summed E-state index contributed by atoms with van der Waals surface area (Å²) in [6.45, 7) is 0.992. The number of alkyl halides is 2. The monoisotopic (exact) mass is 229 g/mol. The summed E-state index contributed by atoms with van der Waals surface area (Å²) in [5.74, 6) is -0.768. The third kappa shape index (κ3) is 2.68. The number of phenolic OH excluding ortho intramolecular Hbond substituents is 1. The topological polar surface area (TPSA) is 40.5 Å². The fourth-order valence-corrected chi connectivity index (χ4v) is 1.33. The van der Waals surface area contributed by atoms with Crippen LogP contribution >= 0.6 is 0 Å². The maximum atomic E-state index is 12.1. The van der Waals surface area contributed by atoms with Gasteiger partial charge in [0.05, 0.1) is 12.1 Å². The molecule has 0 aliphatic rings. The Labute approximate surface area is 92.3 Å². The Hall–Kier alpha value is -1.65. The summed E-state index contributed by atoms with van der Waals surface area (Å²) in [4.78, 5) is 12.6. The molecule has 0 saturated heterocycles. The Morgan fingerprint density at radius 1 is 1.50 bits per heavy atom. The lowest BCUT2D eigenvalue weighted by atomic mass is 10.1. The van der Waals surface area contributed by atoms with Crippen LogP contribution < -0.4 is 0 Å². The molecule has 88 valence electrons. The molecule has 5 heteroatoms. The van der Waals surface area contributed by atoms with Crippen molar-refractivity contribution in [3.05, 3.63) is 29.3 Å². The molecule has 0 heterocycles. The highest BCUT2D eigenvalue weighted by Gasteiger charge is 2.19. The third-order valence-corrected chi connectivity index (χ3v) is 2.23. The van der Waals surface area contributed by atoms with E-state index in [-0.39, 0.29) is 11.3 Å². The van der Waals surface area contributed by atoms with E-state index in [0.717, 1.165) is 4.90 Å². The molecular formula is C11H13F2NO2. The number of para-hydroxylation sites is 1. The molecule has 3 nitrogen and oxygen atoms in total. The van der Waals surface area contributed by atoms with E-state index in [1.165, 1.54) is 13.1 Å². The number of hydrogen-bond acceptors (Lipinski definition) is 2. The fourth-order valence-electron chi connectivity index (χ4n) is 1.33. The second-order valence-electron chi connectivity index (χ2n) is 3.55. The molecule has 1 aromatic rings. The summed E-state index contributed by atoms with van der Waals surface area (Å²) < 4.78 is 24.2. The number of carbonyl (C=O) groups excluding carboxylic acids is 1. The first-order valence-electron chi connectivity index (χ1n) is 4.75. The van der Waals surface area contributed by atoms with Crippen molar-refractivity contribution in [2.45, 2.75) is 13.3 Å². The fraction of sp³-hybridized carbons (Fsp3) is 0.364. The van der Waals surface area contributed by atoms with Crippen LogP contribution in [0.1, 0.15) is 15.9 Å². The zero-order valence-corrected chi connectivity index (χ0v) is 9.08. The Kier molecular flexibility index (Phi) is 3.82. The van der Waals surface area contributed by atoms with Gasteiger partial charge >= 0.3 is 0 Å². The molecule has 1 aromatic carbocycles. The lowest BCUT2D eigenvalue weighted by Crippen LogP contribution is -2.31. The predicted molar refractivity (Wildman–Crippen MR) is 55.8 cm³/mol. The van der Waals surface area contributed by atoms with Crippen LogP contribution in [0.15, 0.2) is 18.2 Å². The Balaban J connectivity index is 2.92. The molecule has 16 heavy (non-hydrogen) atoms. The molecule has 0 fully saturated rings. The van der Waals surface area contributed by atoms with Crippen molar-refractivity contribution in [1.82, 2.24) is 4.90 Å². The van der Waals surface area contributed by atoms with Crippen LogP contribution in [0.2, 0.25) is 0 Å². The van der Waals surface area contributed by atoms with Crippen LogP contribution in [0.25, 0.3) is 0 Å². The van der Waals surface area contributed by atoms with Gasteiger partial charge in [0.2, 0.25) is 0 Å². The second-order valence-corrected chi connectivity index (χ2v) is 3.55. The first kappa shape index (κ1) is 12.4. The molecule has 0 saturated carbocycles. The third-order valence-electron chi connectivity index (χ3n) is 2.23. The summed E-state index contributed by atoms with van der Waals surface area (Å²) in [6.07, 6.45) is -2.58. The number of hydrogen-bond donors (Lipinski definition) is 1. The van der Waals surface area contributed by atoms with Crippen molar-refractivity contribution in [3.8, 4) is 5.75 Å². The van der Waals surface area contributed by atoms with Gasteiger partial charge in [0, 0.05) is 7.05 Å². The van der Waals surface area contributed by atoms with Crippen molar-refractivity contribution < 1.29 is 18.7 Å². The number of phenols is 1. The molecule has 0 aliphatic carbocycles. The summed E-state index contributed by atoms with van der Waals surface area (Å²) >= 11 is 0. The van der Waals surface area contributed by atoms with E-state index in [9.17, 15) is 18.7 Å². The number of nitrogens with zero attached hydrogens (tertiary/aromatic N) is 1. The van der Waals surface area contributed by atoms with Crippen LogP contribution in [0.3, 0.4) is 0 Å². The average molecular weight is 229 g/mol. The molecule has 0 unspecified atom stereocenters. The first-order chi connectivity index (χ1) is 7.43. The quantitative estimate of drug-likeness (QED) is 0.861. The van der Waals surface area contributed by atoms with Crippen LogP contribution in [0.5, 0.6) is 5.75 Å². The van der Waals surface area contributed by atoms with Gasteiger partial charge in [-0.05, 0) is 18.6 Å². The van der Waals surface area contributed by atoms with Crippen LogP contribution in [-0.2, 0) is 0 Å². The predicted octanol–water partition coefficient (Wildman–Crippen LogP) is 2.04. The standard InChI is InChI=1S/C11H13F2NO2/c1-7-4-3-5-8(10(7)15)11(16)14(2)6-9(12)13/h3-5,9,15H,6H2,1-2H3. The lowest BCUT2D eigenvalue weighted by molar-refractivity contribution is 0.0617. The molecule has 1 N–H and O–H groups in total. The molecule has 1 amide bonds. The van der Waals surface area contributed by atoms with Gasteiger partial charge in [-0.2, -0.15) is 0 Å². The Morgan fingerprint density at radius 2 is 2.12 bits per heavy atom. The van der Waals surface area contributed by atoms with Crippen molar-refractivity contribution in [2.24, 2.45) is 0 Å². The largest absolute Gasteiger partial charge is 0.507 e. The van der Waals surface area contributed by atoms with Gasteiger partial charge in [-0.15, -0.1) is 0 Å². The molecule has 0 aromatic heterocycles. The minimum atomic E-state index is -2.58. The van der Waals surface area contributed by atoms with Gasteiger partial charge in [-0.1, -0.05) is 12.1 Å². The van der Waals surface area contributed by atoms with Crippen LogP contribution in [-0.4, -0.2) is 35.9 Å². The number of amides is 1. The molecule has 0 aliphatic heterocycles. The first-order valence-corrected chi connectivity index (χ1v) is 4.75. The SMILES string of the molecule is Cc1cccc(C(=O)N(C)CC(F)F)c1O. The molecule has 0 bridgehead atoms. The Bertz CT molecular complexity index is 394. The summed E-state index contributed by atoms with van der Waals surface area (Å²) in [6, 6.07) is 4.64. The van der Waals surface area contributed by atoms with Gasteiger partial charge in [-0.3, -0.25) is 4.79 Å². The van der Waals surface area contributed by atoms with Gasteiger partial charge in [0.1, 0.15) is 5.75 Å². The normalized spacial score (nSPS) is 10.6. The minimum Gasteiger partial charge on any atom is -0.507 e. The maximum Gasteiger partial charge on any atom is 0.257 e. The number of benzene rings is 1. The van der Waals surface area contributed by atoms with Crippen molar-refractivity contribution in [2.75, 3.05) is 13.6 Å². The van der Waals surface area contributed by atoms with Gasteiger partial charge in [-0.25, -0.2) is 8.78 Å². The molecule has 0 radical (unpaired) electrons. The zero-order valence-electron chi connectivity index (χ0n) is 9.08. The van der Waals surface area contributed by atoms with Gasteiger partial charge in [0.25, 0.3) is 12.3 Å². The number of aromatic hydroxyl groups is 1. The van der Waals surface area contributed by atoms with Crippen LogP contribution in [0, 0.1) is 6.92 Å². The minimum absolute atomic E-state index is 0.0446. The van der Waals surface area contributed by atoms with E-state index >= 15 is 0 Å². The molecule has 1 rings (SSSR count). The highest BCUT2D eigenvalue weighted by atomic mass is 19.3. The lowest BCUT2D eigenvalue weighted by Gasteiger charge is -2.17. The number of aryl methyl sites for hydroxylation is 1. The van der Waals surface area contributed by atoms with E-state index in [1.54, 1.807) is 19.1 Å². The molecule has 0 atom stereocenters.